The van der Waals surface area contributed by atoms with Gasteiger partial charge in [0.1, 0.15) is 21.1 Å². The Kier molecular flexibility index (Phi) is 6.18. The summed E-state index contributed by atoms with van der Waals surface area (Å²) >= 11 is 7.70. The van der Waals surface area contributed by atoms with E-state index in [0.29, 0.717) is 34.0 Å². The highest BCUT2D eigenvalue weighted by Gasteiger charge is 2.40. The molecule has 2 fully saturated rings. The molecular weight excluding hydrogens is 464 g/mol. The summed E-state index contributed by atoms with van der Waals surface area (Å²) < 4.78 is 30.4. The van der Waals surface area contributed by atoms with Crippen molar-refractivity contribution in [3.8, 4) is 10.9 Å². The van der Waals surface area contributed by atoms with Crippen LogP contribution in [-0.2, 0) is 16.3 Å². The van der Waals surface area contributed by atoms with Crippen molar-refractivity contribution in [2.75, 3.05) is 18.6 Å². The van der Waals surface area contributed by atoms with Crippen LogP contribution >= 0.6 is 22.9 Å². The van der Waals surface area contributed by atoms with Crippen LogP contribution in [0.5, 0.6) is 10.9 Å². The molecule has 32 heavy (non-hydrogen) atoms. The molecular formula is C24H27ClN2O3S2. The first-order valence-corrected chi connectivity index (χ1v) is 14.3. The second-order valence-corrected chi connectivity index (χ2v) is 12.7. The van der Waals surface area contributed by atoms with Crippen LogP contribution in [0.3, 0.4) is 0 Å². The van der Waals surface area contributed by atoms with E-state index >= 15 is 0 Å². The molecule has 5 nitrogen and oxygen atoms in total. The third-order valence-electron chi connectivity index (χ3n) is 6.66. The fraction of sp³-hybridized carbons (Fsp3) is 0.458. The number of ether oxygens (including phenoxy) is 1. The molecule has 1 aromatic heterocycles. The zero-order valence-corrected chi connectivity index (χ0v) is 20.4. The van der Waals surface area contributed by atoms with Crippen molar-refractivity contribution in [3.05, 3.63) is 53.1 Å². The lowest BCUT2D eigenvalue weighted by molar-refractivity contribution is 0.112. The van der Waals surface area contributed by atoms with Gasteiger partial charge in [-0.05, 0) is 67.9 Å². The lowest BCUT2D eigenvalue weighted by Crippen LogP contribution is -2.45. The Labute approximate surface area is 198 Å². The summed E-state index contributed by atoms with van der Waals surface area (Å²) in [7, 11) is -2.89. The van der Waals surface area contributed by atoms with Gasteiger partial charge in [-0.3, -0.25) is 4.90 Å². The Morgan fingerprint density at radius 2 is 1.84 bits per heavy atom. The van der Waals surface area contributed by atoms with Gasteiger partial charge in [0.2, 0.25) is 0 Å². The lowest BCUT2D eigenvalue weighted by Gasteiger charge is -2.38. The molecule has 2 bridgehead atoms. The Morgan fingerprint density at radius 1 is 1.12 bits per heavy atom. The molecule has 3 aromatic rings. The monoisotopic (exact) mass is 490 g/mol. The Bertz CT molecular complexity index is 1200. The molecule has 2 aliphatic heterocycles. The number of nitrogens with zero attached hydrogens (tertiary/aromatic N) is 2. The van der Waals surface area contributed by atoms with Crippen LogP contribution in [0.2, 0.25) is 5.02 Å². The molecule has 8 heteroatoms. The third kappa shape index (κ3) is 4.96. The zero-order chi connectivity index (χ0) is 22.3. The SMILES string of the molecule is CS(=O)(=O)CC1C[C@H]2CC[C@@H](C1)N2CCc1ccc(Oc2nc3c(Cl)cccc3s2)cc1. The second-order valence-electron chi connectivity index (χ2n) is 9.12. The molecule has 2 aliphatic rings. The first kappa shape index (κ1) is 22.1. The molecule has 2 saturated heterocycles. The van der Waals surface area contributed by atoms with Crippen molar-refractivity contribution in [2.24, 2.45) is 5.92 Å². The van der Waals surface area contributed by atoms with Crippen LogP contribution in [-0.4, -0.2) is 48.9 Å². The number of sulfone groups is 1. The summed E-state index contributed by atoms with van der Waals surface area (Å²) in [5.41, 5.74) is 2.06. The van der Waals surface area contributed by atoms with Gasteiger partial charge in [0.25, 0.3) is 5.19 Å². The van der Waals surface area contributed by atoms with Crippen molar-refractivity contribution < 1.29 is 13.2 Å². The van der Waals surface area contributed by atoms with Gasteiger partial charge >= 0.3 is 0 Å². The van der Waals surface area contributed by atoms with E-state index in [1.807, 2.05) is 30.3 Å². The lowest BCUT2D eigenvalue weighted by atomic mass is 9.92. The molecule has 0 amide bonds. The molecule has 2 aromatic carbocycles. The number of halogens is 1. The van der Waals surface area contributed by atoms with E-state index in [1.165, 1.54) is 36.0 Å². The molecule has 0 spiro atoms. The van der Waals surface area contributed by atoms with Crippen molar-refractivity contribution >= 4 is 43.0 Å². The summed E-state index contributed by atoms with van der Waals surface area (Å²) in [6.45, 7) is 1.03. The Hall–Kier alpha value is -1.67. The standard InChI is InChI=1S/C24H27ClN2O3S2/c1-32(28,29)15-17-13-18-7-8-19(14-17)27(18)12-11-16-5-9-20(10-6-16)30-24-26-23-21(25)3-2-4-22(23)31-24/h2-6,9-10,17-19H,7-8,11-15H2,1H3/t17?,18-,19+. The van der Waals surface area contributed by atoms with E-state index in [4.69, 9.17) is 16.3 Å². The number of rotatable bonds is 7. The minimum atomic E-state index is -2.89. The maximum absolute atomic E-state index is 11.7. The highest BCUT2D eigenvalue weighted by molar-refractivity contribution is 7.90. The maximum atomic E-state index is 11.7. The zero-order valence-electron chi connectivity index (χ0n) is 18.0. The van der Waals surface area contributed by atoms with Gasteiger partial charge in [-0.2, -0.15) is 0 Å². The van der Waals surface area contributed by atoms with Crippen LogP contribution in [0.15, 0.2) is 42.5 Å². The largest absolute Gasteiger partial charge is 0.431 e. The summed E-state index contributed by atoms with van der Waals surface area (Å²) in [6.07, 6.45) is 6.78. The molecule has 0 radical (unpaired) electrons. The van der Waals surface area contributed by atoms with Crippen LogP contribution in [0.25, 0.3) is 10.2 Å². The molecule has 0 saturated carbocycles. The average Bonchev–Trinajstić information content (AvgIpc) is 3.25. The molecule has 3 atom stereocenters. The molecule has 3 heterocycles. The van der Waals surface area contributed by atoms with Gasteiger partial charge in [-0.25, -0.2) is 13.4 Å². The first-order chi connectivity index (χ1) is 15.3. The van der Waals surface area contributed by atoms with Crippen molar-refractivity contribution in [1.29, 1.82) is 0 Å². The number of hydrogen-bond acceptors (Lipinski definition) is 6. The van der Waals surface area contributed by atoms with Crippen molar-refractivity contribution in [1.82, 2.24) is 9.88 Å². The van der Waals surface area contributed by atoms with E-state index in [2.05, 4.69) is 22.0 Å². The van der Waals surface area contributed by atoms with E-state index in [0.717, 1.165) is 41.8 Å². The third-order valence-corrected chi connectivity index (χ3v) is 8.94. The predicted molar refractivity (Wildman–Crippen MR) is 131 cm³/mol. The summed E-state index contributed by atoms with van der Waals surface area (Å²) in [5, 5.41) is 1.23. The quantitative estimate of drug-likeness (QED) is 0.433. The Morgan fingerprint density at radius 3 is 2.50 bits per heavy atom. The molecule has 1 unspecified atom stereocenters. The number of hydrogen-bond donors (Lipinski definition) is 0. The van der Waals surface area contributed by atoms with Crippen LogP contribution in [0, 0.1) is 5.92 Å². The first-order valence-electron chi connectivity index (χ1n) is 11.1. The molecule has 0 N–H and O–H groups in total. The number of para-hydroxylation sites is 1. The fourth-order valence-electron chi connectivity index (χ4n) is 5.34. The van der Waals surface area contributed by atoms with Crippen LogP contribution in [0.4, 0.5) is 0 Å². The van der Waals surface area contributed by atoms with E-state index < -0.39 is 9.84 Å². The number of aromatic nitrogens is 1. The maximum Gasteiger partial charge on any atom is 0.279 e. The van der Waals surface area contributed by atoms with Crippen LogP contribution in [0.1, 0.15) is 31.2 Å². The van der Waals surface area contributed by atoms with Gasteiger partial charge in [0.05, 0.1) is 15.5 Å². The highest BCUT2D eigenvalue weighted by atomic mass is 35.5. The normalized spacial score (nSPS) is 23.6. The summed E-state index contributed by atoms with van der Waals surface area (Å²) in [4.78, 5) is 7.12. The van der Waals surface area contributed by atoms with Gasteiger partial charge in [0, 0.05) is 24.9 Å². The second kappa shape index (κ2) is 8.93. The number of thiazole rings is 1. The van der Waals surface area contributed by atoms with Gasteiger partial charge < -0.3 is 4.74 Å². The number of benzene rings is 2. The van der Waals surface area contributed by atoms with Gasteiger partial charge in [-0.1, -0.05) is 41.1 Å². The fourth-order valence-corrected chi connectivity index (χ4v) is 7.60. The van der Waals surface area contributed by atoms with Gasteiger partial charge in [-0.15, -0.1) is 0 Å². The van der Waals surface area contributed by atoms with Gasteiger partial charge in [0.15, 0.2) is 0 Å². The number of fused-ring (bicyclic) bond motifs is 3. The minimum absolute atomic E-state index is 0.326. The predicted octanol–water partition coefficient (Wildman–Crippen LogP) is 5.57. The van der Waals surface area contributed by atoms with Crippen LogP contribution < -0.4 is 4.74 Å². The summed E-state index contributed by atoms with van der Waals surface area (Å²) in [6, 6.07) is 15.0. The topological polar surface area (TPSA) is 59.5 Å². The molecule has 0 aliphatic carbocycles. The van der Waals surface area contributed by atoms with E-state index in [-0.39, 0.29) is 0 Å². The molecule has 170 valence electrons. The minimum Gasteiger partial charge on any atom is -0.431 e. The van der Waals surface area contributed by atoms with E-state index in [9.17, 15) is 8.42 Å². The van der Waals surface area contributed by atoms with Crippen molar-refractivity contribution in [2.45, 2.75) is 44.2 Å². The Balaban J connectivity index is 1.17. The average molecular weight is 491 g/mol. The highest BCUT2D eigenvalue weighted by Crippen LogP contribution is 2.39. The molecule has 5 rings (SSSR count). The smallest absolute Gasteiger partial charge is 0.279 e. The van der Waals surface area contributed by atoms with E-state index in [1.54, 1.807) is 0 Å². The number of piperidine rings is 1. The summed E-state index contributed by atoms with van der Waals surface area (Å²) in [5.74, 6) is 1.44. The van der Waals surface area contributed by atoms with Crippen molar-refractivity contribution in [3.63, 3.8) is 0 Å².